The molecular weight excluding hydrogens is 864 g/mol. The minimum absolute atomic E-state index is 0.498. The highest BCUT2D eigenvalue weighted by Crippen LogP contribution is 2.34. The lowest BCUT2D eigenvalue weighted by atomic mass is 9.94. The van der Waals surface area contributed by atoms with Crippen LogP contribution in [0.2, 0.25) is 0 Å². The van der Waals surface area contributed by atoms with Gasteiger partial charge in [0, 0.05) is 13.8 Å². The second-order valence-electron chi connectivity index (χ2n) is 16.0. The molecule has 28 nitrogen and oxygen atoms in total. The van der Waals surface area contributed by atoms with E-state index >= 15 is 0 Å². The van der Waals surface area contributed by atoms with Gasteiger partial charge in [-0.25, -0.2) is 0 Å². The highest BCUT2D eigenvalue weighted by Gasteiger charge is 2.55. The minimum Gasteiger partial charge on any atom is -0.394 e. The van der Waals surface area contributed by atoms with Crippen LogP contribution in [0.4, 0.5) is 0 Å². The summed E-state index contributed by atoms with van der Waals surface area (Å²) in [6.07, 6.45) is -44.1. The second-order valence-corrected chi connectivity index (χ2v) is 16.0. The van der Waals surface area contributed by atoms with Gasteiger partial charge in [-0.3, -0.25) is 9.59 Å². The summed E-state index contributed by atoms with van der Waals surface area (Å²) in [5.41, 5.74) is 0. The number of aliphatic hydroxyl groups is 15. The Morgan fingerprint density at radius 3 is 1.68 bits per heavy atom. The quantitative estimate of drug-likeness (QED) is 0.0725. The zero-order chi connectivity index (χ0) is 46.8. The van der Waals surface area contributed by atoms with Gasteiger partial charge in [-0.15, -0.1) is 0 Å². The maximum atomic E-state index is 11.9. The van der Waals surface area contributed by atoms with Crippen LogP contribution in [0.15, 0.2) is 0 Å². The first-order valence-corrected chi connectivity index (χ1v) is 20.0. The lowest BCUT2D eigenvalue weighted by Gasteiger charge is -2.48. The number of rotatable bonds is 15. The normalized spacial score (nSPS) is 48.9. The Hall–Kier alpha value is -2.02. The van der Waals surface area contributed by atoms with E-state index in [4.69, 9.17) is 42.6 Å². The van der Waals surface area contributed by atoms with Crippen molar-refractivity contribution in [2.45, 2.75) is 180 Å². The van der Waals surface area contributed by atoms with E-state index in [-0.39, 0.29) is 0 Å². The van der Waals surface area contributed by atoms with Gasteiger partial charge < -0.3 is 130 Å². The summed E-state index contributed by atoms with van der Waals surface area (Å²) in [5, 5.41) is 164. The molecular formula is C35H60N2O26. The van der Waals surface area contributed by atoms with Crippen molar-refractivity contribution in [3.05, 3.63) is 0 Å². The number of hydrogen-bond donors (Lipinski definition) is 17. The number of carbonyl (C=O) groups excluding carboxylic acids is 2. The van der Waals surface area contributed by atoms with E-state index in [0.29, 0.717) is 0 Å². The van der Waals surface area contributed by atoms with Crippen molar-refractivity contribution in [2.75, 3.05) is 26.4 Å². The second kappa shape index (κ2) is 22.2. The molecule has 5 saturated heterocycles. The molecule has 5 fully saturated rings. The number of amides is 2. The molecule has 5 rings (SSSR count). The number of aliphatic hydroxyl groups excluding tert-OH is 15. The highest BCUT2D eigenvalue weighted by molar-refractivity contribution is 5.74. The van der Waals surface area contributed by atoms with Crippen molar-refractivity contribution in [3.63, 3.8) is 0 Å². The van der Waals surface area contributed by atoms with Gasteiger partial charge in [-0.1, -0.05) is 0 Å². The molecule has 0 unspecified atom stereocenters. The molecule has 28 heteroatoms. The van der Waals surface area contributed by atoms with Crippen LogP contribution in [0.1, 0.15) is 20.8 Å². The summed E-state index contributed by atoms with van der Waals surface area (Å²) in [5.74, 6) is -1.11. The zero-order valence-electron chi connectivity index (χ0n) is 34.0. The molecule has 0 aromatic heterocycles. The Kier molecular flexibility index (Phi) is 18.3. The van der Waals surface area contributed by atoms with Crippen molar-refractivity contribution in [3.8, 4) is 0 Å². The molecule has 17 N–H and O–H groups in total. The fourth-order valence-electron chi connectivity index (χ4n) is 7.83. The van der Waals surface area contributed by atoms with E-state index in [9.17, 15) is 86.2 Å². The Morgan fingerprint density at radius 2 is 1.06 bits per heavy atom. The lowest BCUT2D eigenvalue weighted by Crippen LogP contribution is -2.67. The van der Waals surface area contributed by atoms with Crippen molar-refractivity contribution < 1.29 is 129 Å². The van der Waals surface area contributed by atoms with Gasteiger partial charge in [0.15, 0.2) is 31.5 Å². The van der Waals surface area contributed by atoms with Crippen LogP contribution in [0.25, 0.3) is 0 Å². The van der Waals surface area contributed by atoms with Crippen LogP contribution >= 0.6 is 0 Å². The van der Waals surface area contributed by atoms with Gasteiger partial charge in [-0.05, 0) is 6.92 Å². The minimum atomic E-state index is -2.14. The predicted octanol–water partition coefficient (Wildman–Crippen LogP) is -11.2. The Labute approximate surface area is 357 Å². The molecule has 0 bridgehead atoms. The molecule has 0 aliphatic carbocycles. The van der Waals surface area contributed by atoms with E-state index in [0.717, 1.165) is 6.92 Å². The first-order chi connectivity index (χ1) is 29.6. The number of hydrogen-bond acceptors (Lipinski definition) is 26. The average molecular weight is 925 g/mol. The van der Waals surface area contributed by atoms with E-state index in [1.54, 1.807) is 0 Å². The largest absolute Gasteiger partial charge is 0.394 e. The summed E-state index contributed by atoms with van der Waals surface area (Å²) in [4.78, 5) is 23.6. The summed E-state index contributed by atoms with van der Waals surface area (Å²) < 4.78 is 49.9. The van der Waals surface area contributed by atoms with Crippen LogP contribution in [0, 0.1) is 0 Å². The molecule has 63 heavy (non-hydrogen) atoms. The Bertz CT molecular complexity index is 1470. The standard InChI is InChI=1S/C35H60N2O26/c1-8-15(36-9(2)40)20(46)16(37-10(3)41)32(57-8)55-6-11(42)28-24(50)22(48)25(51)33(61-28)56-7-14-18(44)21(47)26(52)34(60-14)63-30-23(49)17(43)12(4-38)59-35(30)62-29-19(45)13(5-39)58-31(54)27(29)53/h8,11-35,38-39,42-54H,4-7H2,1-3H3,(H,36,40)(H,37,41)/t8-,11+,12-,13-,14-,15-,16-,17-,18-,19-,20+,21+,22+,23+,24+,25+,26-,27-,28-,29+,30-,31+,32-,33+,34-,35-/m1/s1. The van der Waals surface area contributed by atoms with Crippen molar-refractivity contribution >= 4 is 11.8 Å². The van der Waals surface area contributed by atoms with Crippen LogP contribution in [-0.2, 0) is 52.2 Å². The van der Waals surface area contributed by atoms with Gasteiger partial charge in [0.1, 0.15) is 116 Å². The van der Waals surface area contributed by atoms with Gasteiger partial charge in [0.2, 0.25) is 11.8 Å². The number of nitrogens with one attached hydrogen (secondary N) is 2. The van der Waals surface area contributed by atoms with E-state index < -0.39 is 198 Å². The van der Waals surface area contributed by atoms with Crippen LogP contribution in [0.5, 0.6) is 0 Å². The fraction of sp³-hybridized carbons (Fsp3) is 0.943. The molecule has 366 valence electrons. The van der Waals surface area contributed by atoms with E-state index in [1.165, 1.54) is 13.8 Å². The highest BCUT2D eigenvalue weighted by atomic mass is 16.8. The molecule has 0 saturated carbocycles. The molecule has 0 aromatic rings. The van der Waals surface area contributed by atoms with Gasteiger partial charge in [0.05, 0.1) is 38.6 Å². The first kappa shape index (κ1) is 52.0. The van der Waals surface area contributed by atoms with Crippen LogP contribution in [0.3, 0.4) is 0 Å². The molecule has 0 radical (unpaired) electrons. The molecule has 0 spiro atoms. The van der Waals surface area contributed by atoms with Crippen LogP contribution in [-0.4, -0.2) is 274 Å². The summed E-state index contributed by atoms with van der Waals surface area (Å²) in [6, 6.07) is -2.25. The topological polar surface area (TPSA) is 445 Å². The van der Waals surface area contributed by atoms with Gasteiger partial charge >= 0.3 is 0 Å². The first-order valence-electron chi connectivity index (χ1n) is 20.0. The Morgan fingerprint density at radius 1 is 0.524 bits per heavy atom. The van der Waals surface area contributed by atoms with Crippen molar-refractivity contribution in [2.24, 2.45) is 0 Å². The van der Waals surface area contributed by atoms with Gasteiger partial charge in [0.25, 0.3) is 0 Å². The average Bonchev–Trinajstić information content (AvgIpc) is 3.23. The third-order valence-corrected chi connectivity index (χ3v) is 11.4. The molecule has 26 atom stereocenters. The number of carbonyl (C=O) groups is 2. The smallest absolute Gasteiger partial charge is 0.217 e. The predicted molar refractivity (Wildman–Crippen MR) is 194 cm³/mol. The molecule has 5 heterocycles. The lowest BCUT2D eigenvalue weighted by molar-refractivity contribution is -0.390. The van der Waals surface area contributed by atoms with Crippen molar-refractivity contribution in [1.29, 1.82) is 0 Å². The zero-order valence-corrected chi connectivity index (χ0v) is 34.0. The fourth-order valence-corrected chi connectivity index (χ4v) is 7.83. The molecule has 5 aliphatic rings. The van der Waals surface area contributed by atoms with Crippen molar-refractivity contribution in [1.82, 2.24) is 10.6 Å². The maximum absolute atomic E-state index is 11.9. The van der Waals surface area contributed by atoms with E-state index in [1.807, 2.05) is 0 Å². The summed E-state index contributed by atoms with van der Waals surface area (Å²) >= 11 is 0. The summed E-state index contributed by atoms with van der Waals surface area (Å²) in [6.45, 7) is 0.468. The monoisotopic (exact) mass is 924 g/mol. The SMILES string of the molecule is CC(=O)N[C@H]1[C@H](OC[C@H](O)[C@H]2O[C@H](OC[C@H]3O[C@H](O[C@H]4[C@@H](O[C@@H]5[C@@H](O)[C@@H](O)O[C@H](CO)[C@H]5O)O[C@H](CO)[C@@H](O)[C@@H]4O)[C@H](O)[C@@H](O)[C@@H]3O)[C@@H](O)[C@@H](O)[C@@H]2O)O[C@H](C)[C@@H](NC(C)=O)[C@@H]1O. The maximum Gasteiger partial charge on any atom is 0.217 e. The molecule has 0 aromatic carbocycles. The van der Waals surface area contributed by atoms with E-state index in [2.05, 4.69) is 10.6 Å². The van der Waals surface area contributed by atoms with Crippen LogP contribution < -0.4 is 10.6 Å². The molecule has 5 aliphatic heterocycles. The van der Waals surface area contributed by atoms with Gasteiger partial charge in [-0.2, -0.15) is 0 Å². The molecule has 2 amide bonds. The third-order valence-electron chi connectivity index (χ3n) is 11.4. The summed E-state index contributed by atoms with van der Waals surface area (Å²) in [7, 11) is 0. The Balaban J connectivity index is 1.25. The third kappa shape index (κ3) is 11.6. The number of ether oxygens (including phenoxy) is 9.